The van der Waals surface area contributed by atoms with Gasteiger partial charge in [-0.3, -0.25) is 10.00 Å². The van der Waals surface area contributed by atoms with Crippen molar-refractivity contribution in [1.82, 2.24) is 20.0 Å². The van der Waals surface area contributed by atoms with Gasteiger partial charge in [0.25, 0.3) is 0 Å². The summed E-state index contributed by atoms with van der Waals surface area (Å²) in [4.78, 5) is 17.0. The van der Waals surface area contributed by atoms with E-state index in [0.29, 0.717) is 24.0 Å². The zero-order valence-electron chi connectivity index (χ0n) is 24.8. The first-order chi connectivity index (χ1) is 19.9. The molecule has 0 unspecified atom stereocenters. The lowest BCUT2D eigenvalue weighted by Gasteiger charge is -2.42. The molecule has 0 radical (unpaired) electrons. The van der Waals surface area contributed by atoms with Gasteiger partial charge in [0.1, 0.15) is 17.3 Å². The summed E-state index contributed by atoms with van der Waals surface area (Å²) in [5.41, 5.74) is 13.3. The normalized spacial score (nSPS) is 21.0. The molecule has 1 aromatic heterocycles. The van der Waals surface area contributed by atoms with E-state index in [1.807, 2.05) is 6.92 Å². The van der Waals surface area contributed by atoms with Gasteiger partial charge in [0.05, 0.1) is 30.4 Å². The highest BCUT2D eigenvalue weighted by atomic mass is 16.5. The topological polar surface area (TPSA) is 110 Å². The number of aliphatic imine (C=N–C) groups is 2. The minimum Gasteiger partial charge on any atom is -0.495 e. The SMILES string of the molecule is C=C1C(c2ccc(N3CCC(N4CCN(C)CC4)CC3)c(OC)c2)=CN=C(N)C1=N/C(CC)=C(\C)Nc1cn[nH]c1. The number of H-pyrrole nitrogens is 1. The second-order valence-electron chi connectivity index (χ2n) is 11.0. The number of hydrogen-bond donors (Lipinski definition) is 3. The lowest BCUT2D eigenvalue weighted by atomic mass is 9.93. The molecule has 1 aromatic carbocycles. The Balaban J connectivity index is 1.32. The predicted octanol–water partition coefficient (Wildman–Crippen LogP) is 4.10. The van der Waals surface area contributed by atoms with Gasteiger partial charge in [0.15, 0.2) is 0 Å². The number of aromatic amines is 1. The summed E-state index contributed by atoms with van der Waals surface area (Å²) in [5, 5.41) is 10.1. The number of aromatic nitrogens is 2. The van der Waals surface area contributed by atoms with Crippen molar-refractivity contribution in [2.45, 2.75) is 39.2 Å². The summed E-state index contributed by atoms with van der Waals surface area (Å²) in [7, 11) is 3.95. The maximum absolute atomic E-state index is 6.32. The highest BCUT2D eigenvalue weighted by Crippen LogP contribution is 2.36. The van der Waals surface area contributed by atoms with Crippen LogP contribution in [0.25, 0.3) is 5.57 Å². The first-order valence-corrected chi connectivity index (χ1v) is 14.5. The van der Waals surface area contributed by atoms with Crippen molar-refractivity contribution in [3.8, 4) is 5.75 Å². The Hall–Kier alpha value is -3.89. The Labute approximate surface area is 243 Å². The third kappa shape index (κ3) is 6.39. The van der Waals surface area contributed by atoms with Crippen LogP contribution in [0, 0.1) is 0 Å². The molecule has 0 aliphatic carbocycles. The fourth-order valence-corrected chi connectivity index (χ4v) is 5.87. The van der Waals surface area contributed by atoms with E-state index in [-0.39, 0.29) is 0 Å². The summed E-state index contributed by atoms with van der Waals surface area (Å²) in [6.45, 7) is 15.2. The smallest absolute Gasteiger partial charge is 0.149 e. The number of nitrogens with zero attached hydrogens (tertiary/aromatic N) is 6. The fourth-order valence-electron chi connectivity index (χ4n) is 5.87. The second kappa shape index (κ2) is 12.7. The molecule has 4 heterocycles. The van der Waals surface area contributed by atoms with E-state index >= 15 is 0 Å². The molecule has 10 nitrogen and oxygen atoms in total. The number of piperidine rings is 1. The number of nitrogens with two attached hydrogens (primary N) is 1. The van der Waals surface area contributed by atoms with E-state index in [0.717, 1.165) is 71.4 Å². The molecule has 4 N–H and O–H groups in total. The molecule has 0 saturated carbocycles. The highest BCUT2D eigenvalue weighted by Gasteiger charge is 2.28. The summed E-state index contributed by atoms with van der Waals surface area (Å²) in [6, 6.07) is 7.03. The van der Waals surface area contributed by atoms with E-state index in [2.05, 4.69) is 74.0 Å². The summed E-state index contributed by atoms with van der Waals surface area (Å²) in [5.74, 6) is 1.21. The van der Waals surface area contributed by atoms with Crippen LogP contribution in [-0.4, -0.2) is 91.0 Å². The van der Waals surface area contributed by atoms with Crippen LogP contribution in [-0.2, 0) is 0 Å². The molecule has 5 rings (SSSR count). The molecular formula is C31H43N9O. The number of nitrogens with one attached hydrogen (secondary N) is 2. The summed E-state index contributed by atoms with van der Waals surface area (Å²) >= 11 is 0. The zero-order chi connectivity index (χ0) is 28.9. The number of benzene rings is 1. The maximum atomic E-state index is 6.32. The van der Waals surface area contributed by atoms with E-state index < -0.39 is 0 Å². The standard InChI is InChI=1S/C31H43N9O/c1-6-27(22(3)36-24-18-34-35-19-24)37-30-21(2)26(20-33-31(30)32)23-7-8-28(29(17-23)41-5)40-11-9-25(10-12-40)39-15-13-38(4)14-16-39/h7-8,17-20,25,36H,2,6,9-16H2,1,3-5H3,(H2,32,33)(H,34,35)/b27-22+,37-30?. The number of anilines is 2. The van der Waals surface area contributed by atoms with Crippen LogP contribution in [0.2, 0.25) is 0 Å². The molecule has 2 saturated heterocycles. The Morgan fingerprint density at radius 1 is 1.20 bits per heavy atom. The van der Waals surface area contributed by atoms with Gasteiger partial charge in [0.2, 0.25) is 0 Å². The molecular weight excluding hydrogens is 514 g/mol. The molecule has 10 heteroatoms. The maximum Gasteiger partial charge on any atom is 0.149 e. The van der Waals surface area contributed by atoms with Crippen LogP contribution in [0.15, 0.2) is 70.3 Å². The van der Waals surface area contributed by atoms with Crippen LogP contribution in [0.1, 0.15) is 38.7 Å². The summed E-state index contributed by atoms with van der Waals surface area (Å²) in [6.07, 6.45) is 8.37. The average Bonchev–Trinajstić information content (AvgIpc) is 3.50. The monoisotopic (exact) mass is 557 g/mol. The van der Waals surface area contributed by atoms with Gasteiger partial charge >= 0.3 is 0 Å². The van der Waals surface area contributed by atoms with Gasteiger partial charge in [-0.1, -0.05) is 19.6 Å². The van der Waals surface area contributed by atoms with Crippen molar-refractivity contribution in [1.29, 1.82) is 0 Å². The van der Waals surface area contributed by atoms with E-state index in [1.165, 1.54) is 25.9 Å². The molecule has 0 spiro atoms. The first-order valence-electron chi connectivity index (χ1n) is 14.5. The Morgan fingerprint density at radius 3 is 2.61 bits per heavy atom. The number of rotatable bonds is 8. The average molecular weight is 558 g/mol. The number of hydrogen-bond acceptors (Lipinski definition) is 9. The van der Waals surface area contributed by atoms with Crippen LogP contribution >= 0.6 is 0 Å². The van der Waals surface area contributed by atoms with Gasteiger partial charge in [-0.15, -0.1) is 0 Å². The van der Waals surface area contributed by atoms with Gasteiger partial charge < -0.3 is 25.6 Å². The Morgan fingerprint density at radius 2 is 1.95 bits per heavy atom. The van der Waals surface area contributed by atoms with Crippen molar-refractivity contribution in [2.24, 2.45) is 15.7 Å². The highest BCUT2D eigenvalue weighted by molar-refractivity contribution is 6.51. The van der Waals surface area contributed by atoms with Crippen molar-refractivity contribution in [3.63, 3.8) is 0 Å². The van der Waals surface area contributed by atoms with E-state index in [4.69, 9.17) is 15.5 Å². The van der Waals surface area contributed by atoms with Gasteiger partial charge in [0, 0.05) is 74.6 Å². The third-order valence-corrected chi connectivity index (χ3v) is 8.38. The molecule has 218 valence electrons. The van der Waals surface area contributed by atoms with Crippen LogP contribution in [0.3, 0.4) is 0 Å². The number of allylic oxidation sites excluding steroid dienone is 3. The number of amidine groups is 1. The molecule has 0 atom stereocenters. The van der Waals surface area contributed by atoms with Crippen molar-refractivity contribution in [3.05, 3.63) is 65.9 Å². The van der Waals surface area contributed by atoms with Gasteiger partial charge in [-0.05, 0) is 50.9 Å². The lowest BCUT2D eigenvalue weighted by molar-refractivity contribution is 0.0981. The second-order valence-corrected chi connectivity index (χ2v) is 11.0. The zero-order valence-corrected chi connectivity index (χ0v) is 24.8. The molecule has 0 amide bonds. The van der Waals surface area contributed by atoms with Gasteiger partial charge in [-0.2, -0.15) is 5.10 Å². The third-order valence-electron chi connectivity index (χ3n) is 8.38. The molecule has 3 aliphatic heterocycles. The Kier molecular flexibility index (Phi) is 8.90. The molecule has 2 aromatic rings. The molecule has 3 aliphatic rings. The largest absolute Gasteiger partial charge is 0.495 e. The van der Waals surface area contributed by atoms with Gasteiger partial charge in [-0.25, -0.2) is 9.98 Å². The van der Waals surface area contributed by atoms with Crippen molar-refractivity contribution >= 4 is 28.5 Å². The van der Waals surface area contributed by atoms with Crippen LogP contribution < -0.4 is 20.7 Å². The van der Waals surface area contributed by atoms with Crippen molar-refractivity contribution in [2.75, 3.05) is 63.6 Å². The Bertz CT molecular complexity index is 1360. The predicted molar refractivity (Wildman–Crippen MR) is 169 cm³/mol. The quantitative estimate of drug-likeness (QED) is 0.448. The van der Waals surface area contributed by atoms with Crippen molar-refractivity contribution < 1.29 is 4.74 Å². The minimum atomic E-state index is 0.354. The number of methoxy groups -OCH3 is 1. The summed E-state index contributed by atoms with van der Waals surface area (Å²) < 4.78 is 5.90. The number of piperazine rings is 1. The van der Waals surface area contributed by atoms with E-state index in [1.54, 1.807) is 25.7 Å². The molecule has 2 fully saturated rings. The number of ether oxygens (including phenoxy) is 1. The molecule has 0 bridgehead atoms. The molecule has 41 heavy (non-hydrogen) atoms. The number of likely N-dealkylation sites (N-methyl/N-ethyl adjacent to an activating group) is 1. The van der Waals surface area contributed by atoms with Crippen LogP contribution in [0.5, 0.6) is 5.75 Å². The minimum absolute atomic E-state index is 0.354. The van der Waals surface area contributed by atoms with Crippen LogP contribution in [0.4, 0.5) is 11.4 Å². The first kappa shape index (κ1) is 28.6. The fraction of sp³-hybridized carbons (Fsp3) is 0.452. The lowest BCUT2D eigenvalue weighted by Crippen LogP contribution is -2.52. The van der Waals surface area contributed by atoms with E-state index in [9.17, 15) is 0 Å².